The van der Waals surface area contributed by atoms with Crippen LogP contribution < -0.4 is 20.1 Å². The van der Waals surface area contributed by atoms with Crippen LogP contribution in [0.3, 0.4) is 0 Å². The number of benzene rings is 4. The van der Waals surface area contributed by atoms with Crippen molar-refractivity contribution in [3.8, 4) is 23.0 Å². The summed E-state index contributed by atoms with van der Waals surface area (Å²) in [5.41, 5.74) is 2.69. The third-order valence-electron chi connectivity index (χ3n) is 7.41. The molecule has 0 spiro atoms. The van der Waals surface area contributed by atoms with Gasteiger partial charge in [-0.15, -0.1) is 0 Å². The van der Waals surface area contributed by atoms with Crippen LogP contribution in [0.4, 0.5) is 24.7 Å². The summed E-state index contributed by atoms with van der Waals surface area (Å²) in [6, 6.07) is 27.7. The Bertz CT molecular complexity index is 1740. The van der Waals surface area contributed by atoms with E-state index in [0.29, 0.717) is 34.2 Å². The van der Waals surface area contributed by atoms with E-state index in [1.165, 1.54) is 6.07 Å². The number of carbonyl (C=O) groups is 1. The highest BCUT2D eigenvalue weighted by Gasteiger charge is 2.46. The van der Waals surface area contributed by atoms with E-state index in [-0.39, 0.29) is 17.9 Å². The normalized spacial score (nSPS) is 16.0. The first kappa shape index (κ1) is 28.9. The average Bonchev–Trinajstić information content (AvgIpc) is 3.43. The van der Waals surface area contributed by atoms with Gasteiger partial charge in [-0.3, -0.25) is 4.79 Å². The second-order valence-electron chi connectivity index (χ2n) is 10.6. The molecule has 224 valence electrons. The van der Waals surface area contributed by atoms with Crippen molar-refractivity contribution >= 4 is 17.4 Å². The standard InChI is InChI=1S/C34H29F3N4O3/c1-21-10-6-8-14-29(21)43-25-16-24(17-26(18-25)44-30-15-9-7-11-22(30)2)38-33(42)28-20-32-39-27(23-12-4-3-5-13-23)19-31(34(35,36)37)41(32)40-28/h3-18,20,27,31,39H,19H2,1-2H3,(H,38,42)/t27-,31-/m0/s1. The zero-order valence-electron chi connectivity index (χ0n) is 23.9. The molecule has 44 heavy (non-hydrogen) atoms. The van der Waals surface area contributed by atoms with Crippen LogP contribution >= 0.6 is 0 Å². The van der Waals surface area contributed by atoms with E-state index in [0.717, 1.165) is 15.8 Å². The zero-order valence-corrected chi connectivity index (χ0v) is 23.9. The molecular weight excluding hydrogens is 569 g/mol. The van der Waals surface area contributed by atoms with Gasteiger partial charge in [0.05, 0.1) is 6.04 Å². The lowest BCUT2D eigenvalue weighted by molar-refractivity contribution is -0.173. The van der Waals surface area contributed by atoms with Crippen LogP contribution in [0.5, 0.6) is 23.0 Å². The summed E-state index contributed by atoms with van der Waals surface area (Å²) in [6.07, 6.45) is -4.83. The van der Waals surface area contributed by atoms with Crippen molar-refractivity contribution in [2.45, 2.75) is 38.5 Å². The molecule has 2 heterocycles. The van der Waals surface area contributed by atoms with Gasteiger partial charge in [0.25, 0.3) is 5.91 Å². The molecule has 4 aromatic carbocycles. The van der Waals surface area contributed by atoms with Crippen molar-refractivity contribution in [1.29, 1.82) is 0 Å². The maximum Gasteiger partial charge on any atom is 0.410 e. The highest BCUT2D eigenvalue weighted by Crippen LogP contribution is 2.44. The molecule has 0 aliphatic carbocycles. The van der Waals surface area contributed by atoms with Crippen molar-refractivity contribution in [2.24, 2.45) is 0 Å². The smallest absolute Gasteiger partial charge is 0.410 e. The Morgan fingerprint density at radius 3 is 1.98 bits per heavy atom. The van der Waals surface area contributed by atoms with Crippen LogP contribution in [-0.4, -0.2) is 21.9 Å². The molecule has 0 saturated heterocycles. The Kier molecular flexibility index (Phi) is 7.73. The molecule has 5 aromatic rings. The molecule has 1 aliphatic heterocycles. The van der Waals surface area contributed by atoms with Crippen molar-refractivity contribution in [1.82, 2.24) is 9.78 Å². The van der Waals surface area contributed by atoms with E-state index in [9.17, 15) is 18.0 Å². The van der Waals surface area contributed by atoms with E-state index in [4.69, 9.17) is 9.47 Å². The number of aryl methyl sites for hydroxylation is 2. The maximum absolute atomic E-state index is 14.2. The molecule has 0 unspecified atom stereocenters. The van der Waals surface area contributed by atoms with Gasteiger partial charge >= 0.3 is 6.18 Å². The number of halogens is 3. The number of fused-ring (bicyclic) bond motifs is 1. The van der Waals surface area contributed by atoms with Crippen molar-refractivity contribution in [3.63, 3.8) is 0 Å². The Morgan fingerprint density at radius 1 is 0.841 bits per heavy atom. The molecule has 0 saturated carbocycles. The number of hydrogen-bond acceptors (Lipinski definition) is 5. The molecule has 0 fully saturated rings. The molecular formula is C34H29F3N4O3. The van der Waals surface area contributed by atoms with Gasteiger partial charge in [-0.1, -0.05) is 66.7 Å². The first-order valence-electron chi connectivity index (χ1n) is 14.1. The van der Waals surface area contributed by atoms with Crippen LogP contribution in [0.2, 0.25) is 0 Å². The fourth-order valence-electron chi connectivity index (χ4n) is 5.14. The summed E-state index contributed by atoms with van der Waals surface area (Å²) < 4.78 is 55.6. The highest BCUT2D eigenvalue weighted by molar-refractivity contribution is 6.03. The van der Waals surface area contributed by atoms with Crippen molar-refractivity contribution < 1.29 is 27.4 Å². The third kappa shape index (κ3) is 6.24. The van der Waals surface area contributed by atoms with Gasteiger partial charge in [-0.05, 0) is 42.7 Å². The number of nitrogens with zero attached hydrogens (tertiary/aromatic N) is 2. The first-order valence-corrected chi connectivity index (χ1v) is 14.1. The molecule has 2 N–H and O–H groups in total. The van der Waals surface area contributed by atoms with Gasteiger partial charge in [0.15, 0.2) is 11.7 Å². The number of para-hydroxylation sites is 2. The maximum atomic E-state index is 14.2. The highest BCUT2D eigenvalue weighted by atomic mass is 19.4. The molecule has 1 aromatic heterocycles. The van der Waals surface area contributed by atoms with Crippen molar-refractivity contribution in [2.75, 3.05) is 10.6 Å². The second-order valence-corrected chi connectivity index (χ2v) is 10.6. The predicted molar refractivity (Wildman–Crippen MR) is 162 cm³/mol. The first-order chi connectivity index (χ1) is 21.1. The van der Waals surface area contributed by atoms with E-state index in [1.807, 2.05) is 62.4 Å². The summed E-state index contributed by atoms with van der Waals surface area (Å²) in [5.74, 6) is 1.47. The Morgan fingerprint density at radius 2 is 1.41 bits per heavy atom. The van der Waals surface area contributed by atoms with Gasteiger partial charge in [-0.25, -0.2) is 4.68 Å². The summed E-state index contributed by atoms with van der Waals surface area (Å²) in [6.45, 7) is 3.83. The number of anilines is 2. The van der Waals surface area contributed by atoms with Gasteiger partial charge < -0.3 is 20.1 Å². The molecule has 0 radical (unpaired) electrons. The number of ether oxygens (including phenoxy) is 2. The van der Waals surface area contributed by atoms with Gasteiger partial charge in [0.2, 0.25) is 0 Å². The lowest BCUT2D eigenvalue weighted by atomic mass is 9.97. The predicted octanol–water partition coefficient (Wildman–Crippen LogP) is 9.00. The fourth-order valence-corrected chi connectivity index (χ4v) is 5.14. The average molecular weight is 599 g/mol. The SMILES string of the molecule is Cc1ccccc1Oc1cc(NC(=O)c2cc3n(n2)[C@H](C(F)(F)F)C[C@@H](c2ccccc2)N3)cc(Oc2ccccc2C)c1. The molecule has 6 rings (SSSR count). The minimum absolute atomic E-state index is 0.109. The second kappa shape index (κ2) is 11.8. The van der Waals surface area contributed by atoms with Crippen LogP contribution in [0.25, 0.3) is 0 Å². The lowest BCUT2D eigenvalue weighted by Crippen LogP contribution is -2.35. The van der Waals surface area contributed by atoms with Gasteiger partial charge in [-0.2, -0.15) is 18.3 Å². The van der Waals surface area contributed by atoms with Crippen molar-refractivity contribution in [3.05, 3.63) is 126 Å². The number of alkyl halides is 3. The number of nitrogens with one attached hydrogen (secondary N) is 2. The monoisotopic (exact) mass is 598 g/mol. The van der Waals surface area contributed by atoms with Crippen LogP contribution in [0.1, 0.15) is 45.7 Å². The van der Waals surface area contributed by atoms with E-state index in [1.54, 1.807) is 48.5 Å². The Labute approximate surface area is 252 Å². The Hall–Kier alpha value is -5.25. The van der Waals surface area contributed by atoms with E-state index >= 15 is 0 Å². The Balaban J connectivity index is 1.30. The molecule has 2 atom stereocenters. The van der Waals surface area contributed by atoms with Crippen LogP contribution in [0.15, 0.2) is 103 Å². The summed E-state index contributed by atoms with van der Waals surface area (Å²) >= 11 is 0. The quantitative estimate of drug-likeness (QED) is 0.196. The molecule has 7 nitrogen and oxygen atoms in total. The number of amides is 1. The topological polar surface area (TPSA) is 77.4 Å². The fraction of sp³-hybridized carbons (Fsp3) is 0.176. The van der Waals surface area contributed by atoms with E-state index < -0.39 is 24.2 Å². The van der Waals surface area contributed by atoms with Gasteiger partial charge in [0, 0.05) is 36.4 Å². The van der Waals surface area contributed by atoms with E-state index in [2.05, 4.69) is 15.7 Å². The molecule has 10 heteroatoms. The lowest BCUT2D eigenvalue weighted by Gasteiger charge is -2.33. The largest absolute Gasteiger partial charge is 0.457 e. The van der Waals surface area contributed by atoms with Gasteiger partial charge in [0.1, 0.15) is 28.8 Å². The molecule has 1 amide bonds. The third-order valence-corrected chi connectivity index (χ3v) is 7.41. The number of hydrogen-bond donors (Lipinski definition) is 2. The minimum atomic E-state index is -4.56. The summed E-state index contributed by atoms with van der Waals surface area (Å²) in [4.78, 5) is 13.4. The summed E-state index contributed by atoms with van der Waals surface area (Å²) in [7, 11) is 0. The molecule has 0 bridgehead atoms. The molecule has 1 aliphatic rings. The number of aromatic nitrogens is 2. The summed E-state index contributed by atoms with van der Waals surface area (Å²) in [5, 5.41) is 9.97. The van der Waals surface area contributed by atoms with Crippen LogP contribution in [0, 0.1) is 13.8 Å². The minimum Gasteiger partial charge on any atom is -0.457 e. The number of carbonyl (C=O) groups excluding carboxylic acids is 1. The zero-order chi connectivity index (χ0) is 30.8. The number of rotatable bonds is 7. The van der Waals surface area contributed by atoms with Crippen LogP contribution in [-0.2, 0) is 0 Å².